The number of carbonyl (C=O) groups is 1. The predicted octanol–water partition coefficient (Wildman–Crippen LogP) is 3.92. The van der Waals surface area contributed by atoms with E-state index in [1.54, 1.807) is 30.3 Å². The second-order valence-corrected chi connectivity index (χ2v) is 4.20. The molecule has 2 rings (SSSR count). The number of carbonyl (C=O) groups excluding carboxylic acids is 1. The van der Waals surface area contributed by atoms with Gasteiger partial charge in [-0.05, 0) is 31.2 Å². The van der Waals surface area contributed by atoms with Gasteiger partial charge < -0.3 is 9.47 Å². The summed E-state index contributed by atoms with van der Waals surface area (Å²) in [5.74, 6) is 0.261. The third-order valence-corrected chi connectivity index (χ3v) is 2.73. The van der Waals surface area contributed by atoms with Crippen molar-refractivity contribution in [3.8, 4) is 11.5 Å². The normalized spacial score (nSPS) is 10.5. The van der Waals surface area contributed by atoms with Crippen LogP contribution in [0.1, 0.15) is 22.8 Å². The van der Waals surface area contributed by atoms with Gasteiger partial charge in [0.2, 0.25) is 0 Å². The molecule has 0 spiro atoms. The second-order valence-electron chi connectivity index (χ2n) is 4.20. The number of benzene rings is 2. The monoisotopic (exact) mass is 292 g/mol. The first-order valence-corrected chi connectivity index (χ1v) is 6.42. The molecule has 0 saturated heterocycles. The molecular formula is C16H14F2O3. The molecule has 2 aromatic carbocycles. The van der Waals surface area contributed by atoms with E-state index in [0.717, 1.165) is 0 Å². The number of hydrogen-bond donors (Lipinski definition) is 0. The van der Waals surface area contributed by atoms with Crippen LogP contribution in [0, 0.1) is 0 Å². The van der Waals surface area contributed by atoms with Crippen LogP contribution in [0.2, 0.25) is 0 Å². The number of alkyl halides is 2. The molecule has 110 valence electrons. The Bertz CT molecular complexity index is 626. The van der Waals surface area contributed by atoms with Gasteiger partial charge in [-0.1, -0.05) is 24.3 Å². The quantitative estimate of drug-likeness (QED) is 0.757. The van der Waals surface area contributed by atoms with Gasteiger partial charge >= 0.3 is 6.61 Å². The average molecular weight is 292 g/mol. The predicted molar refractivity (Wildman–Crippen MR) is 74.1 cm³/mol. The molecule has 0 saturated carbocycles. The Morgan fingerprint density at radius 3 is 2.19 bits per heavy atom. The fraction of sp³-hybridized carbons (Fsp3) is 0.188. The minimum Gasteiger partial charge on any atom is -0.494 e. The van der Waals surface area contributed by atoms with Crippen molar-refractivity contribution in [2.75, 3.05) is 6.61 Å². The summed E-state index contributed by atoms with van der Waals surface area (Å²) in [6.45, 7) is -0.578. The minimum atomic E-state index is -2.92. The van der Waals surface area contributed by atoms with Gasteiger partial charge in [0.05, 0.1) is 6.61 Å². The highest BCUT2D eigenvalue weighted by molar-refractivity contribution is 6.09. The van der Waals surface area contributed by atoms with E-state index in [1.165, 1.54) is 18.2 Å². The van der Waals surface area contributed by atoms with Crippen LogP contribution in [0.25, 0.3) is 0 Å². The molecule has 0 aliphatic carbocycles. The number of ketones is 1. The van der Waals surface area contributed by atoms with Crippen LogP contribution in [0.4, 0.5) is 8.78 Å². The van der Waals surface area contributed by atoms with Crippen LogP contribution in [0.5, 0.6) is 11.5 Å². The molecule has 0 aliphatic heterocycles. The summed E-state index contributed by atoms with van der Waals surface area (Å²) in [4.78, 5) is 12.3. The molecule has 0 unspecified atom stereocenters. The summed E-state index contributed by atoms with van der Waals surface area (Å²) in [6, 6.07) is 12.4. The van der Waals surface area contributed by atoms with Crippen molar-refractivity contribution >= 4 is 5.78 Å². The summed E-state index contributed by atoms with van der Waals surface area (Å²) in [6.07, 6.45) is 0. The van der Waals surface area contributed by atoms with Crippen LogP contribution in [0.15, 0.2) is 48.5 Å². The zero-order valence-electron chi connectivity index (χ0n) is 11.4. The third-order valence-electron chi connectivity index (χ3n) is 2.73. The topological polar surface area (TPSA) is 35.5 Å². The van der Waals surface area contributed by atoms with Gasteiger partial charge in [0.1, 0.15) is 11.5 Å². The van der Waals surface area contributed by atoms with Crippen LogP contribution in [0.3, 0.4) is 0 Å². The molecular weight excluding hydrogens is 278 g/mol. The first-order valence-electron chi connectivity index (χ1n) is 6.42. The Balaban J connectivity index is 2.25. The van der Waals surface area contributed by atoms with E-state index in [2.05, 4.69) is 4.74 Å². The van der Waals surface area contributed by atoms with E-state index in [1.807, 2.05) is 6.92 Å². The van der Waals surface area contributed by atoms with Crippen LogP contribution in [-0.2, 0) is 0 Å². The molecule has 0 fully saturated rings. The Hall–Kier alpha value is -2.43. The van der Waals surface area contributed by atoms with Gasteiger partial charge in [-0.15, -0.1) is 0 Å². The third kappa shape index (κ3) is 4.02. The van der Waals surface area contributed by atoms with Crippen molar-refractivity contribution in [3.05, 3.63) is 59.7 Å². The average Bonchev–Trinajstić information content (AvgIpc) is 2.47. The van der Waals surface area contributed by atoms with Gasteiger partial charge in [-0.3, -0.25) is 4.79 Å². The minimum absolute atomic E-state index is 0.0446. The van der Waals surface area contributed by atoms with Gasteiger partial charge in [-0.2, -0.15) is 8.78 Å². The summed E-state index contributed by atoms with van der Waals surface area (Å²) >= 11 is 0. The zero-order chi connectivity index (χ0) is 15.2. The Morgan fingerprint density at radius 1 is 1.05 bits per heavy atom. The highest BCUT2D eigenvalue weighted by Crippen LogP contribution is 2.20. The van der Waals surface area contributed by atoms with Crippen LogP contribution in [-0.4, -0.2) is 19.0 Å². The number of hydrogen-bond acceptors (Lipinski definition) is 3. The van der Waals surface area contributed by atoms with Gasteiger partial charge in [0.25, 0.3) is 0 Å². The highest BCUT2D eigenvalue weighted by Gasteiger charge is 2.12. The SMILES string of the molecule is CCOc1cccc(C(=O)c2cccc(OC(F)F)c2)c1. The Labute approximate surface area is 121 Å². The van der Waals surface area contributed by atoms with Gasteiger partial charge in [0.15, 0.2) is 5.78 Å². The van der Waals surface area contributed by atoms with E-state index in [4.69, 9.17) is 4.74 Å². The Kier molecular flexibility index (Phi) is 4.87. The largest absolute Gasteiger partial charge is 0.494 e. The van der Waals surface area contributed by atoms with Crippen molar-refractivity contribution in [2.24, 2.45) is 0 Å². The van der Waals surface area contributed by atoms with E-state index in [9.17, 15) is 13.6 Å². The lowest BCUT2D eigenvalue weighted by Gasteiger charge is -2.08. The first kappa shape index (κ1) is 15.0. The Morgan fingerprint density at radius 2 is 1.62 bits per heavy atom. The van der Waals surface area contributed by atoms with Gasteiger partial charge in [-0.25, -0.2) is 0 Å². The standard InChI is InChI=1S/C16H14F2O3/c1-2-20-13-7-3-5-11(9-13)15(19)12-6-4-8-14(10-12)21-16(17)18/h3-10,16H,2H2,1H3. The van der Waals surface area contributed by atoms with E-state index in [-0.39, 0.29) is 17.1 Å². The number of halogens is 2. The molecule has 0 atom stereocenters. The van der Waals surface area contributed by atoms with Crippen molar-refractivity contribution in [1.29, 1.82) is 0 Å². The smallest absolute Gasteiger partial charge is 0.387 e. The highest BCUT2D eigenvalue weighted by atomic mass is 19.3. The van der Waals surface area contributed by atoms with Crippen molar-refractivity contribution < 1.29 is 23.0 Å². The maximum Gasteiger partial charge on any atom is 0.387 e. The molecule has 0 aromatic heterocycles. The van der Waals surface area contributed by atoms with E-state index < -0.39 is 6.61 Å². The van der Waals surface area contributed by atoms with Crippen LogP contribution < -0.4 is 9.47 Å². The van der Waals surface area contributed by atoms with Crippen molar-refractivity contribution in [1.82, 2.24) is 0 Å². The first-order chi connectivity index (χ1) is 10.1. The fourth-order valence-corrected chi connectivity index (χ4v) is 1.87. The molecule has 0 heterocycles. The molecule has 5 heteroatoms. The lowest BCUT2D eigenvalue weighted by molar-refractivity contribution is -0.0498. The summed E-state index contributed by atoms with van der Waals surface area (Å²) in [5, 5.41) is 0. The van der Waals surface area contributed by atoms with E-state index >= 15 is 0 Å². The maximum absolute atomic E-state index is 12.3. The lowest BCUT2D eigenvalue weighted by atomic mass is 10.0. The summed E-state index contributed by atoms with van der Waals surface area (Å²) in [5.41, 5.74) is 0.706. The van der Waals surface area contributed by atoms with Gasteiger partial charge in [0, 0.05) is 11.1 Å². The summed E-state index contributed by atoms with van der Waals surface area (Å²) in [7, 11) is 0. The van der Waals surface area contributed by atoms with Crippen molar-refractivity contribution in [2.45, 2.75) is 13.5 Å². The molecule has 0 radical (unpaired) electrons. The van der Waals surface area contributed by atoms with Crippen molar-refractivity contribution in [3.63, 3.8) is 0 Å². The molecule has 2 aromatic rings. The molecule has 3 nitrogen and oxygen atoms in total. The number of rotatable bonds is 6. The summed E-state index contributed by atoms with van der Waals surface area (Å²) < 4.78 is 34.0. The maximum atomic E-state index is 12.3. The lowest BCUT2D eigenvalue weighted by Crippen LogP contribution is -2.05. The van der Waals surface area contributed by atoms with Crippen LogP contribution >= 0.6 is 0 Å². The molecule has 21 heavy (non-hydrogen) atoms. The molecule has 0 N–H and O–H groups in total. The fourth-order valence-electron chi connectivity index (χ4n) is 1.87. The molecule has 0 amide bonds. The number of ether oxygens (including phenoxy) is 2. The van der Waals surface area contributed by atoms with E-state index in [0.29, 0.717) is 17.9 Å². The zero-order valence-corrected chi connectivity index (χ0v) is 11.4. The molecule has 0 bridgehead atoms. The molecule has 0 aliphatic rings. The second kappa shape index (κ2) is 6.83.